The highest BCUT2D eigenvalue weighted by atomic mass is 35.5. The lowest BCUT2D eigenvalue weighted by molar-refractivity contribution is 0.482. The summed E-state index contributed by atoms with van der Waals surface area (Å²) >= 11 is 5.97. The lowest BCUT2D eigenvalue weighted by Crippen LogP contribution is -2.15. The topological polar surface area (TPSA) is 92.2 Å². The third-order valence-electron chi connectivity index (χ3n) is 2.61. The number of H-pyrrole nitrogens is 1. The summed E-state index contributed by atoms with van der Waals surface area (Å²) in [4.78, 5) is 11.4. The van der Waals surface area contributed by atoms with Crippen LogP contribution in [0.5, 0.6) is 0 Å². The molecule has 8 heteroatoms. The molecule has 1 aromatic heterocycles. The predicted octanol–water partition coefficient (Wildman–Crippen LogP) is 1.68. The van der Waals surface area contributed by atoms with Crippen molar-refractivity contribution in [1.29, 1.82) is 0 Å². The van der Waals surface area contributed by atoms with Crippen LogP contribution in [0, 0.1) is 13.8 Å². The molecule has 1 heterocycles. The van der Waals surface area contributed by atoms with Crippen LogP contribution in [0.25, 0.3) is 5.69 Å². The summed E-state index contributed by atoms with van der Waals surface area (Å²) in [5.41, 5.74) is 0.960. The molecule has 2 aromatic rings. The number of aryl methyl sites for hydroxylation is 2. The van der Waals surface area contributed by atoms with E-state index in [2.05, 4.69) is 5.10 Å². The van der Waals surface area contributed by atoms with Crippen molar-refractivity contribution < 1.29 is 13.0 Å². The standard InChI is InChI=1S/C11H11ClN2O4S/c1-6-3-9(14-11(15)4-7(2)13-14)8(12)5-10(6)19(16,17)18/h3-5,13H,1-2H3,(H,16,17,18). The van der Waals surface area contributed by atoms with Gasteiger partial charge in [0.2, 0.25) is 0 Å². The SMILES string of the molecule is Cc1cc(=O)n(-c2cc(C)c(S(=O)(=O)O)cc2Cl)[nH]1. The monoisotopic (exact) mass is 302 g/mol. The van der Waals surface area contributed by atoms with Gasteiger partial charge >= 0.3 is 0 Å². The Morgan fingerprint density at radius 3 is 2.37 bits per heavy atom. The second-order valence-corrected chi connectivity index (χ2v) is 5.95. The van der Waals surface area contributed by atoms with E-state index in [1.54, 1.807) is 6.92 Å². The van der Waals surface area contributed by atoms with Crippen molar-refractivity contribution >= 4 is 21.7 Å². The molecule has 1 aromatic carbocycles. The normalized spacial score (nSPS) is 11.8. The van der Waals surface area contributed by atoms with Crippen molar-refractivity contribution in [1.82, 2.24) is 9.78 Å². The summed E-state index contributed by atoms with van der Waals surface area (Å²) in [5, 5.41) is 2.84. The number of hydrogen-bond acceptors (Lipinski definition) is 3. The molecule has 0 aliphatic carbocycles. The van der Waals surface area contributed by atoms with Crippen molar-refractivity contribution in [2.24, 2.45) is 0 Å². The maximum atomic E-state index is 11.7. The molecule has 0 atom stereocenters. The second-order valence-electron chi connectivity index (χ2n) is 4.16. The fraction of sp³-hybridized carbons (Fsp3) is 0.182. The number of halogens is 1. The van der Waals surface area contributed by atoms with Gasteiger partial charge in [-0.05, 0) is 31.5 Å². The number of hydrogen-bond donors (Lipinski definition) is 2. The summed E-state index contributed by atoms with van der Waals surface area (Å²) in [6.45, 7) is 3.22. The molecule has 6 nitrogen and oxygen atoms in total. The molecule has 0 amide bonds. The molecule has 0 radical (unpaired) electrons. The Hall–Kier alpha value is -1.57. The molecule has 0 saturated carbocycles. The average molecular weight is 303 g/mol. The van der Waals surface area contributed by atoms with Gasteiger partial charge in [0.15, 0.2) is 0 Å². The Bertz CT molecular complexity index is 805. The van der Waals surface area contributed by atoms with Crippen molar-refractivity contribution in [3.63, 3.8) is 0 Å². The van der Waals surface area contributed by atoms with Gasteiger partial charge in [0.25, 0.3) is 15.7 Å². The zero-order valence-electron chi connectivity index (χ0n) is 10.1. The van der Waals surface area contributed by atoms with E-state index in [-0.39, 0.29) is 15.5 Å². The van der Waals surface area contributed by atoms with Gasteiger partial charge in [-0.1, -0.05) is 11.6 Å². The van der Waals surface area contributed by atoms with Gasteiger partial charge in [0.05, 0.1) is 15.6 Å². The highest BCUT2D eigenvalue weighted by Crippen LogP contribution is 2.26. The number of benzene rings is 1. The molecule has 0 spiro atoms. The minimum absolute atomic E-state index is 0.0437. The Balaban J connectivity index is 2.72. The first-order valence-corrected chi connectivity index (χ1v) is 7.08. The molecule has 0 saturated heterocycles. The van der Waals surface area contributed by atoms with E-state index < -0.39 is 10.1 Å². The molecule has 2 rings (SSSR count). The molecular formula is C11H11ClN2O4S. The van der Waals surface area contributed by atoms with Crippen LogP contribution in [0.4, 0.5) is 0 Å². The quantitative estimate of drug-likeness (QED) is 0.826. The van der Waals surface area contributed by atoms with Crippen LogP contribution < -0.4 is 5.56 Å². The van der Waals surface area contributed by atoms with E-state index >= 15 is 0 Å². The van der Waals surface area contributed by atoms with Gasteiger partial charge in [-0.2, -0.15) is 8.42 Å². The zero-order chi connectivity index (χ0) is 14.4. The summed E-state index contributed by atoms with van der Waals surface area (Å²) in [7, 11) is -4.34. The van der Waals surface area contributed by atoms with Crippen LogP contribution in [0.2, 0.25) is 5.02 Å². The van der Waals surface area contributed by atoms with Crippen LogP contribution in [0.3, 0.4) is 0 Å². The van der Waals surface area contributed by atoms with Crippen molar-refractivity contribution in [2.75, 3.05) is 0 Å². The molecule has 19 heavy (non-hydrogen) atoms. The number of rotatable bonds is 2. The fourth-order valence-electron chi connectivity index (χ4n) is 1.79. The number of aromatic amines is 1. The summed E-state index contributed by atoms with van der Waals surface area (Å²) in [5.74, 6) is 0. The summed E-state index contributed by atoms with van der Waals surface area (Å²) in [6, 6.07) is 3.93. The van der Waals surface area contributed by atoms with Gasteiger partial charge in [0, 0.05) is 11.8 Å². The minimum atomic E-state index is -4.34. The van der Waals surface area contributed by atoms with Gasteiger partial charge in [-0.3, -0.25) is 14.4 Å². The van der Waals surface area contributed by atoms with Crippen LogP contribution in [0.1, 0.15) is 11.3 Å². The van der Waals surface area contributed by atoms with Gasteiger partial charge in [-0.15, -0.1) is 0 Å². The van der Waals surface area contributed by atoms with Crippen LogP contribution >= 0.6 is 11.6 Å². The molecule has 0 aliphatic heterocycles. The Morgan fingerprint density at radius 1 is 1.26 bits per heavy atom. The van der Waals surface area contributed by atoms with Crippen molar-refractivity contribution in [3.05, 3.63) is 44.8 Å². The zero-order valence-corrected chi connectivity index (χ0v) is 11.7. The van der Waals surface area contributed by atoms with E-state index in [4.69, 9.17) is 16.2 Å². The molecule has 0 aliphatic rings. The number of nitrogens with one attached hydrogen (secondary N) is 1. The maximum absolute atomic E-state index is 11.7. The third-order valence-corrected chi connectivity index (χ3v) is 3.91. The first-order chi connectivity index (χ1) is 8.70. The van der Waals surface area contributed by atoms with Gasteiger partial charge in [-0.25, -0.2) is 4.68 Å². The van der Waals surface area contributed by atoms with Crippen LogP contribution in [-0.2, 0) is 10.1 Å². The van der Waals surface area contributed by atoms with Crippen LogP contribution in [0.15, 0.2) is 27.9 Å². The molecule has 0 unspecified atom stereocenters. The first-order valence-electron chi connectivity index (χ1n) is 5.27. The van der Waals surface area contributed by atoms with Gasteiger partial charge in [0.1, 0.15) is 0 Å². The van der Waals surface area contributed by atoms with E-state index in [0.29, 0.717) is 16.9 Å². The van der Waals surface area contributed by atoms with Crippen molar-refractivity contribution in [3.8, 4) is 5.69 Å². The van der Waals surface area contributed by atoms with E-state index in [0.717, 1.165) is 6.07 Å². The summed E-state index contributed by atoms with van der Waals surface area (Å²) < 4.78 is 32.5. The average Bonchev–Trinajstić information content (AvgIpc) is 2.59. The molecule has 2 N–H and O–H groups in total. The number of nitrogens with zero attached hydrogens (tertiary/aromatic N) is 1. The Morgan fingerprint density at radius 2 is 1.89 bits per heavy atom. The van der Waals surface area contributed by atoms with E-state index in [9.17, 15) is 13.2 Å². The van der Waals surface area contributed by atoms with E-state index in [1.165, 1.54) is 23.7 Å². The Labute approximate surface area is 114 Å². The van der Waals surface area contributed by atoms with Crippen molar-refractivity contribution in [2.45, 2.75) is 18.7 Å². The molecule has 0 fully saturated rings. The Kier molecular flexibility index (Phi) is 3.29. The fourth-order valence-corrected chi connectivity index (χ4v) is 2.84. The lowest BCUT2D eigenvalue weighted by atomic mass is 10.2. The first kappa shape index (κ1) is 13.9. The smallest absolute Gasteiger partial charge is 0.294 e. The highest BCUT2D eigenvalue weighted by molar-refractivity contribution is 7.85. The van der Waals surface area contributed by atoms with E-state index in [1.807, 2.05) is 0 Å². The minimum Gasteiger partial charge on any atom is -0.295 e. The predicted molar refractivity (Wildman–Crippen MR) is 70.7 cm³/mol. The maximum Gasteiger partial charge on any atom is 0.294 e. The molecule has 0 bridgehead atoms. The molecule has 102 valence electrons. The highest BCUT2D eigenvalue weighted by Gasteiger charge is 2.17. The van der Waals surface area contributed by atoms with Gasteiger partial charge < -0.3 is 0 Å². The largest absolute Gasteiger partial charge is 0.295 e. The number of aromatic nitrogens is 2. The summed E-state index contributed by atoms with van der Waals surface area (Å²) in [6.07, 6.45) is 0. The second kappa shape index (κ2) is 4.52. The van der Waals surface area contributed by atoms with Crippen LogP contribution in [-0.4, -0.2) is 22.8 Å². The third kappa shape index (κ3) is 2.58. The lowest BCUT2D eigenvalue weighted by Gasteiger charge is -2.09. The molecular weight excluding hydrogens is 292 g/mol.